The molecule has 0 bridgehead atoms. The van der Waals surface area contributed by atoms with Crippen LogP contribution < -0.4 is 4.90 Å². The van der Waals surface area contributed by atoms with Gasteiger partial charge in [0.05, 0.1) is 24.6 Å². The normalized spacial score (nSPS) is 10.3. The van der Waals surface area contributed by atoms with Crippen molar-refractivity contribution in [2.45, 2.75) is 20.0 Å². The van der Waals surface area contributed by atoms with Crippen LogP contribution in [-0.2, 0) is 17.8 Å². The molecule has 1 aromatic heterocycles. The van der Waals surface area contributed by atoms with E-state index in [0.29, 0.717) is 12.1 Å². The predicted molar refractivity (Wildman–Crippen MR) is 77.8 cm³/mol. The summed E-state index contributed by atoms with van der Waals surface area (Å²) >= 11 is 0. The van der Waals surface area contributed by atoms with Gasteiger partial charge in [-0.25, -0.2) is 4.79 Å². The lowest BCUT2D eigenvalue weighted by Crippen LogP contribution is -2.19. The number of esters is 1. The Morgan fingerprint density at radius 2 is 2.15 bits per heavy atom. The van der Waals surface area contributed by atoms with Crippen molar-refractivity contribution in [3.05, 3.63) is 47.8 Å². The number of hydrogen-bond donors (Lipinski definition) is 0. The van der Waals surface area contributed by atoms with Crippen molar-refractivity contribution in [1.82, 2.24) is 9.78 Å². The molecule has 1 heterocycles. The van der Waals surface area contributed by atoms with Gasteiger partial charge in [-0.05, 0) is 19.1 Å². The SMILES string of the molecule is CCn1cc(CN(C)c2ccccc2C(=O)OC)cn1. The molecule has 0 fully saturated rings. The molecule has 0 unspecified atom stereocenters. The molecule has 0 aliphatic carbocycles. The van der Waals surface area contributed by atoms with Crippen LogP contribution in [-0.4, -0.2) is 29.9 Å². The van der Waals surface area contributed by atoms with E-state index in [0.717, 1.165) is 17.8 Å². The van der Waals surface area contributed by atoms with Crippen molar-refractivity contribution >= 4 is 11.7 Å². The monoisotopic (exact) mass is 273 g/mol. The molecule has 1 aromatic carbocycles. The Balaban J connectivity index is 2.20. The molecule has 20 heavy (non-hydrogen) atoms. The van der Waals surface area contributed by atoms with Crippen LogP contribution in [0.5, 0.6) is 0 Å². The van der Waals surface area contributed by atoms with Crippen LogP contribution in [0.25, 0.3) is 0 Å². The third-order valence-electron chi connectivity index (χ3n) is 3.15. The van der Waals surface area contributed by atoms with Gasteiger partial charge in [0.25, 0.3) is 0 Å². The number of anilines is 1. The second kappa shape index (κ2) is 6.23. The second-order valence-electron chi connectivity index (χ2n) is 4.57. The number of carbonyl (C=O) groups is 1. The lowest BCUT2D eigenvalue weighted by atomic mass is 10.1. The zero-order chi connectivity index (χ0) is 14.5. The van der Waals surface area contributed by atoms with Crippen LogP contribution in [0.2, 0.25) is 0 Å². The summed E-state index contributed by atoms with van der Waals surface area (Å²) in [4.78, 5) is 13.8. The fourth-order valence-corrected chi connectivity index (χ4v) is 2.11. The highest BCUT2D eigenvalue weighted by atomic mass is 16.5. The Kier molecular flexibility index (Phi) is 4.40. The number of rotatable bonds is 5. The summed E-state index contributed by atoms with van der Waals surface area (Å²) in [6.07, 6.45) is 3.86. The van der Waals surface area contributed by atoms with Gasteiger partial charge < -0.3 is 9.64 Å². The van der Waals surface area contributed by atoms with Gasteiger partial charge in [-0.15, -0.1) is 0 Å². The minimum absolute atomic E-state index is 0.322. The molecular weight excluding hydrogens is 254 g/mol. The Morgan fingerprint density at radius 1 is 1.40 bits per heavy atom. The van der Waals surface area contributed by atoms with E-state index in [1.165, 1.54) is 7.11 Å². The van der Waals surface area contributed by atoms with Gasteiger partial charge in [-0.1, -0.05) is 12.1 Å². The van der Waals surface area contributed by atoms with E-state index in [4.69, 9.17) is 4.74 Å². The molecule has 0 saturated heterocycles. The van der Waals surface area contributed by atoms with Gasteiger partial charge in [0.15, 0.2) is 0 Å². The van der Waals surface area contributed by atoms with E-state index in [-0.39, 0.29) is 5.97 Å². The van der Waals surface area contributed by atoms with Crippen molar-refractivity contribution in [1.29, 1.82) is 0 Å². The minimum Gasteiger partial charge on any atom is -0.465 e. The van der Waals surface area contributed by atoms with Gasteiger partial charge in [-0.3, -0.25) is 4.68 Å². The fraction of sp³-hybridized carbons (Fsp3) is 0.333. The Bertz CT molecular complexity index is 592. The predicted octanol–water partition coefficient (Wildman–Crippen LogP) is 2.33. The summed E-state index contributed by atoms with van der Waals surface area (Å²) in [6, 6.07) is 7.43. The maximum Gasteiger partial charge on any atom is 0.339 e. The van der Waals surface area contributed by atoms with E-state index in [9.17, 15) is 4.79 Å². The second-order valence-corrected chi connectivity index (χ2v) is 4.57. The van der Waals surface area contributed by atoms with Crippen LogP contribution in [0.15, 0.2) is 36.7 Å². The standard InChI is InChI=1S/C15H19N3O2/c1-4-18-11-12(9-16-18)10-17(2)14-8-6-5-7-13(14)15(19)20-3/h5-9,11H,4,10H2,1-3H3. The van der Waals surface area contributed by atoms with E-state index >= 15 is 0 Å². The molecule has 2 aromatic rings. The highest BCUT2D eigenvalue weighted by molar-refractivity contribution is 5.95. The Hall–Kier alpha value is -2.30. The summed E-state index contributed by atoms with van der Waals surface area (Å²) in [6.45, 7) is 3.59. The Labute approximate surface area is 118 Å². The highest BCUT2D eigenvalue weighted by Gasteiger charge is 2.14. The molecule has 0 amide bonds. The number of nitrogens with zero attached hydrogens (tertiary/aromatic N) is 3. The Morgan fingerprint density at radius 3 is 2.80 bits per heavy atom. The number of ether oxygens (including phenoxy) is 1. The number of benzene rings is 1. The number of aryl methyl sites for hydroxylation is 1. The van der Waals surface area contributed by atoms with Crippen molar-refractivity contribution in [2.24, 2.45) is 0 Å². The first-order valence-corrected chi connectivity index (χ1v) is 6.55. The molecule has 0 radical (unpaired) electrons. The quantitative estimate of drug-likeness (QED) is 0.784. The smallest absolute Gasteiger partial charge is 0.339 e. The number of methoxy groups -OCH3 is 1. The molecule has 2 rings (SSSR count). The molecule has 5 heteroatoms. The number of hydrogen-bond acceptors (Lipinski definition) is 4. The van der Waals surface area contributed by atoms with Gasteiger partial charge in [0.1, 0.15) is 0 Å². The first-order chi connectivity index (χ1) is 9.65. The van der Waals surface area contributed by atoms with Gasteiger partial charge in [0.2, 0.25) is 0 Å². The fourth-order valence-electron chi connectivity index (χ4n) is 2.11. The van der Waals surface area contributed by atoms with E-state index in [2.05, 4.69) is 5.10 Å². The molecule has 0 atom stereocenters. The summed E-state index contributed by atoms with van der Waals surface area (Å²) < 4.78 is 6.70. The van der Waals surface area contributed by atoms with E-state index in [1.54, 1.807) is 6.07 Å². The minimum atomic E-state index is -0.322. The molecule has 0 saturated carbocycles. The number of aromatic nitrogens is 2. The highest BCUT2D eigenvalue weighted by Crippen LogP contribution is 2.21. The lowest BCUT2D eigenvalue weighted by molar-refractivity contribution is 0.0601. The summed E-state index contributed by atoms with van der Waals surface area (Å²) in [5.41, 5.74) is 2.53. The number of carbonyl (C=O) groups excluding carboxylic acids is 1. The third kappa shape index (κ3) is 2.99. The molecule has 0 N–H and O–H groups in total. The molecule has 106 valence electrons. The van der Waals surface area contributed by atoms with Crippen LogP contribution in [0.4, 0.5) is 5.69 Å². The van der Waals surface area contributed by atoms with Crippen molar-refractivity contribution < 1.29 is 9.53 Å². The molecular formula is C15H19N3O2. The average molecular weight is 273 g/mol. The van der Waals surface area contributed by atoms with Crippen LogP contribution >= 0.6 is 0 Å². The zero-order valence-electron chi connectivity index (χ0n) is 12.0. The average Bonchev–Trinajstić information content (AvgIpc) is 2.94. The zero-order valence-corrected chi connectivity index (χ0v) is 12.0. The third-order valence-corrected chi connectivity index (χ3v) is 3.15. The first-order valence-electron chi connectivity index (χ1n) is 6.55. The van der Waals surface area contributed by atoms with Crippen molar-refractivity contribution in [2.75, 3.05) is 19.1 Å². The topological polar surface area (TPSA) is 47.4 Å². The van der Waals surface area contributed by atoms with Crippen molar-refractivity contribution in [3.8, 4) is 0 Å². The largest absolute Gasteiger partial charge is 0.465 e. The van der Waals surface area contributed by atoms with Crippen molar-refractivity contribution in [3.63, 3.8) is 0 Å². The van der Waals surface area contributed by atoms with Crippen LogP contribution in [0.3, 0.4) is 0 Å². The van der Waals surface area contributed by atoms with Gasteiger partial charge in [-0.2, -0.15) is 5.10 Å². The summed E-state index contributed by atoms with van der Waals surface area (Å²) in [5.74, 6) is -0.322. The van der Waals surface area contributed by atoms with Gasteiger partial charge in [0, 0.05) is 31.9 Å². The lowest BCUT2D eigenvalue weighted by Gasteiger charge is -2.20. The summed E-state index contributed by atoms with van der Waals surface area (Å²) in [5, 5.41) is 4.25. The maximum atomic E-state index is 11.8. The van der Waals surface area contributed by atoms with Crippen LogP contribution in [0, 0.1) is 0 Å². The molecule has 5 nitrogen and oxygen atoms in total. The molecule has 0 spiro atoms. The van der Waals surface area contributed by atoms with E-state index in [1.807, 2.05) is 54.1 Å². The first kappa shape index (κ1) is 14.1. The molecule has 0 aliphatic heterocycles. The molecule has 0 aliphatic rings. The maximum absolute atomic E-state index is 11.8. The van der Waals surface area contributed by atoms with E-state index < -0.39 is 0 Å². The van der Waals surface area contributed by atoms with Gasteiger partial charge >= 0.3 is 5.97 Å². The number of para-hydroxylation sites is 1. The summed E-state index contributed by atoms with van der Waals surface area (Å²) in [7, 11) is 3.34. The van der Waals surface area contributed by atoms with Crippen LogP contribution in [0.1, 0.15) is 22.8 Å².